The minimum absolute atomic E-state index is 0.220. The Labute approximate surface area is 105 Å². The Morgan fingerprint density at radius 3 is 2.63 bits per heavy atom. The molecule has 0 unspecified atom stereocenters. The smallest absolute Gasteiger partial charge is 0.327 e. The zero-order valence-corrected chi connectivity index (χ0v) is 10.2. The van der Waals surface area contributed by atoms with E-state index in [1.807, 2.05) is 13.0 Å². The topological polar surface area (TPSA) is 120 Å². The maximum atomic E-state index is 11.6. The Hall–Kier alpha value is -2.77. The van der Waals surface area contributed by atoms with E-state index >= 15 is 0 Å². The van der Waals surface area contributed by atoms with Crippen LogP contribution in [0.3, 0.4) is 0 Å². The Kier molecular flexibility index (Phi) is 2.31. The molecule has 3 heterocycles. The quantitative estimate of drug-likeness (QED) is 0.568. The summed E-state index contributed by atoms with van der Waals surface area (Å²) in [6, 6.07) is 1.81. The zero-order chi connectivity index (χ0) is 13.6. The number of hydrogen-bond acceptors (Lipinski definition) is 5. The lowest BCUT2D eigenvalue weighted by Crippen LogP contribution is -2.21. The van der Waals surface area contributed by atoms with Gasteiger partial charge in [0, 0.05) is 5.56 Å². The number of hydrogen-bond donors (Lipinski definition) is 3. The van der Waals surface area contributed by atoms with Crippen molar-refractivity contribution in [2.75, 3.05) is 0 Å². The molecule has 0 aliphatic rings. The van der Waals surface area contributed by atoms with E-state index in [0.29, 0.717) is 11.5 Å². The first-order valence-electron chi connectivity index (χ1n) is 5.58. The van der Waals surface area contributed by atoms with Crippen LogP contribution in [0.1, 0.15) is 11.4 Å². The minimum atomic E-state index is -0.587. The van der Waals surface area contributed by atoms with Crippen molar-refractivity contribution in [3.05, 3.63) is 38.3 Å². The number of fused-ring (bicyclic) bond motifs is 1. The summed E-state index contributed by atoms with van der Waals surface area (Å²) in [4.78, 5) is 34.5. The van der Waals surface area contributed by atoms with Crippen LogP contribution in [0.25, 0.3) is 22.6 Å². The van der Waals surface area contributed by atoms with Gasteiger partial charge in [-0.05, 0) is 19.9 Å². The zero-order valence-electron chi connectivity index (χ0n) is 10.2. The molecule has 0 aromatic carbocycles. The third-order valence-electron chi connectivity index (χ3n) is 2.75. The average Bonchev–Trinajstić information content (AvgIpc) is 2.76. The molecule has 0 aliphatic carbocycles. The summed E-state index contributed by atoms with van der Waals surface area (Å²) in [5, 5.41) is 7.93. The van der Waals surface area contributed by atoms with Crippen LogP contribution in [0.4, 0.5) is 0 Å². The summed E-state index contributed by atoms with van der Waals surface area (Å²) in [6.07, 6.45) is 0. The van der Waals surface area contributed by atoms with Crippen molar-refractivity contribution in [2.45, 2.75) is 13.8 Å². The number of nitrogens with zero attached hydrogens (tertiary/aromatic N) is 3. The lowest BCUT2D eigenvalue weighted by Gasteiger charge is -2.00. The molecule has 3 aromatic heterocycles. The molecule has 3 rings (SSSR count). The van der Waals surface area contributed by atoms with Crippen molar-refractivity contribution >= 4 is 11.2 Å². The first kappa shape index (κ1) is 11.3. The summed E-state index contributed by atoms with van der Waals surface area (Å²) in [5.41, 5.74) is 1.52. The van der Waals surface area contributed by atoms with Crippen molar-refractivity contribution in [1.29, 1.82) is 0 Å². The van der Waals surface area contributed by atoms with Crippen molar-refractivity contribution < 1.29 is 0 Å². The normalized spacial score (nSPS) is 11.1. The maximum absolute atomic E-state index is 11.6. The highest BCUT2D eigenvalue weighted by atomic mass is 16.2. The molecule has 3 aromatic rings. The summed E-state index contributed by atoms with van der Waals surface area (Å²) in [5.74, 6) is 0.470. The van der Waals surface area contributed by atoms with Crippen LogP contribution < -0.4 is 11.2 Å². The first-order chi connectivity index (χ1) is 9.04. The van der Waals surface area contributed by atoms with Crippen LogP contribution in [-0.4, -0.2) is 30.1 Å². The van der Waals surface area contributed by atoms with Crippen molar-refractivity contribution in [1.82, 2.24) is 30.1 Å². The van der Waals surface area contributed by atoms with Crippen molar-refractivity contribution in [3.63, 3.8) is 0 Å². The monoisotopic (exact) mass is 258 g/mol. The summed E-state index contributed by atoms with van der Waals surface area (Å²) < 4.78 is 0. The number of aromatic nitrogens is 6. The van der Waals surface area contributed by atoms with Gasteiger partial charge in [0.15, 0.2) is 5.65 Å². The molecule has 0 saturated heterocycles. The lowest BCUT2D eigenvalue weighted by atomic mass is 10.2. The molecule has 19 heavy (non-hydrogen) atoms. The Balaban J connectivity index is 2.32. The summed E-state index contributed by atoms with van der Waals surface area (Å²) in [6.45, 7) is 3.61. The van der Waals surface area contributed by atoms with Crippen LogP contribution in [0.5, 0.6) is 0 Å². The largest absolute Gasteiger partial charge is 0.332 e. The highest BCUT2D eigenvalue weighted by molar-refractivity contribution is 5.75. The fourth-order valence-electron chi connectivity index (χ4n) is 1.85. The van der Waals surface area contributed by atoms with Crippen LogP contribution >= 0.6 is 0 Å². The van der Waals surface area contributed by atoms with Gasteiger partial charge in [-0.3, -0.25) is 14.8 Å². The van der Waals surface area contributed by atoms with E-state index in [0.717, 1.165) is 11.3 Å². The molecule has 0 bridgehead atoms. The number of H-pyrrole nitrogens is 3. The first-order valence-corrected chi connectivity index (χ1v) is 5.58. The van der Waals surface area contributed by atoms with Crippen molar-refractivity contribution in [3.8, 4) is 11.4 Å². The number of aromatic amines is 3. The SMILES string of the molecule is Cc1cc(-c2nc3[nH]c(=O)[nH]c(=O)c3[nH]2)c(C)nn1. The van der Waals surface area contributed by atoms with Gasteiger partial charge in [0.1, 0.15) is 11.3 Å². The third-order valence-corrected chi connectivity index (χ3v) is 2.75. The molecule has 0 saturated carbocycles. The molecular formula is C11H10N6O2. The maximum Gasteiger partial charge on any atom is 0.327 e. The van der Waals surface area contributed by atoms with Crippen LogP contribution in [0, 0.1) is 13.8 Å². The van der Waals surface area contributed by atoms with E-state index in [4.69, 9.17) is 0 Å². The van der Waals surface area contributed by atoms with E-state index in [-0.39, 0.29) is 11.2 Å². The van der Waals surface area contributed by atoms with E-state index in [9.17, 15) is 9.59 Å². The highest BCUT2D eigenvalue weighted by Crippen LogP contribution is 2.20. The van der Waals surface area contributed by atoms with Crippen LogP contribution in [0.15, 0.2) is 15.7 Å². The lowest BCUT2D eigenvalue weighted by molar-refractivity contribution is 0.940. The molecule has 96 valence electrons. The minimum Gasteiger partial charge on any atom is -0.332 e. The number of imidazole rings is 1. The number of rotatable bonds is 1. The molecule has 0 radical (unpaired) electrons. The Morgan fingerprint density at radius 1 is 1.05 bits per heavy atom. The second kappa shape index (κ2) is 3.87. The van der Waals surface area contributed by atoms with Crippen LogP contribution in [0.2, 0.25) is 0 Å². The molecule has 0 spiro atoms. The molecule has 0 aliphatic heterocycles. The number of aryl methyl sites for hydroxylation is 2. The Bertz CT molecular complexity index is 888. The molecule has 0 atom stereocenters. The van der Waals surface area contributed by atoms with Gasteiger partial charge in [-0.1, -0.05) is 0 Å². The summed E-state index contributed by atoms with van der Waals surface area (Å²) in [7, 11) is 0. The highest BCUT2D eigenvalue weighted by Gasteiger charge is 2.12. The molecule has 3 N–H and O–H groups in total. The van der Waals surface area contributed by atoms with E-state index in [1.54, 1.807) is 6.92 Å². The van der Waals surface area contributed by atoms with E-state index in [2.05, 4.69) is 30.1 Å². The van der Waals surface area contributed by atoms with Crippen molar-refractivity contribution in [2.24, 2.45) is 0 Å². The summed E-state index contributed by atoms with van der Waals surface area (Å²) >= 11 is 0. The number of nitrogens with one attached hydrogen (secondary N) is 3. The van der Waals surface area contributed by atoms with Gasteiger partial charge in [-0.25, -0.2) is 9.78 Å². The van der Waals surface area contributed by atoms with E-state index < -0.39 is 11.2 Å². The van der Waals surface area contributed by atoms with Gasteiger partial charge in [0.25, 0.3) is 5.56 Å². The van der Waals surface area contributed by atoms with E-state index in [1.165, 1.54) is 0 Å². The van der Waals surface area contributed by atoms with Gasteiger partial charge >= 0.3 is 5.69 Å². The second-order valence-electron chi connectivity index (χ2n) is 4.20. The van der Waals surface area contributed by atoms with Gasteiger partial charge in [-0.2, -0.15) is 10.2 Å². The van der Waals surface area contributed by atoms with Gasteiger partial charge in [-0.15, -0.1) is 0 Å². The third kappa shape index (κ3) is 1.82. The standard InChI is InChI=1S/C11H10N6O2/c1-4-3-6(5(2)17-16-4)8-12-7-9(13-8)14-11(19)15-10(7)18/h3H,1-2H3,(H3,12,13,14,15,18,19). The fourth-order valence-corrected chi connectivity index (χ4v) is 1.85. The molecule has 0 amide bonds. The molecule has 0 fully saturated rings. The predicted molar refractivity (Wildman–Crippen MR) is 67.8 cm³/mol. The fraction of sp³-hybridized carbons (Fsp3) is 0.182. The Morgan fingerprint density at radius 2 is 1.84 bits per heavy atom. The molecule has 8 nitrogen and oxygen atoms in total. The second-order valence-corrected chi connectivity index (χ2v) is 4.20. The predicted octanol–water partition coefficient (Wildman–Crippen LogP) is 0.0133. The van der Waals surface area contributed by atoms with Crippen LogP contribution in [-0.2, 0) is 0 Å². The molecular weight excluding hydrogens is 248 g/mol. The van der Waals surface area contributed by atoms with Gasteiger partial charge in [0.2, 0.25) is 0 Å². The average molecular weight is 258 g/mol. The van der Waals surface area contributed by atoms with Gasteiger partial charge < -0.3 is 4.98 Å². The van der Waals surface area contributed by atoms with Gasteiger partial charge in [0.05, 0.1) is 11.4 Å². The molecule has 8 heteroatoms.